The van der Waals surface area contributed by atoms with Crippen LogP contribution in [-0.2, 0) is 16.8 Å². The SMILES string of the molecule is [B]n1ccnc1.[Co]. The minimum atomic E-state index is 0. The predicted octanol–water partition coefficient (Wildman–Crippen LogP) is -0.188. The molecule has 1 aromatic rings. The molecule has 3 radical (unpaired) electrons. The second-order valence-corrected chi connectivity index (χ2v) is 1.01. The van der Waals surface area contributed by atoms with E-state index in [2.05, 4.69) is 4.98 Å². The fraction of sp³-hybridized carbons (Fsp3) is 0. The third-order valence-electron chi connectivity index (χ3n) is 0.525. The average Bonchev–Trinajstić information content (AvgIpc) is 1.86. The van der Waals surface area contributed by atoms with Crippen molar-refractivity contribution in [3.63, 3.8) is 0 Å². The standard InChI is InChI=1S/C3H3BN2.Co/c4-6-2-1-5-3-6;/h1-3H;. The maximum Gasteiger partial charge on any atom is 0.235 e. The van der Waals surface area contributed by atoms with Gasteiger partial charge < -0.3 is 4.48 Å². The average molecular weight is 137 g/mol. The molecule has 1 rings (SSSR count). The number of rotatable bonds is 0. The van der Waals surface area contributed by atoms with Gasteiger partial charge in [0.1, 0.15) is 0 Å². The molecule has 1 heterocycles. The van der Waals surface area contributed by atoms with Crippen LogP contribution >= 0.6 is 0 Å². The minimum absolute atomic E-state index is 0. The van der Waals surface area contributed by atoms with E-state index in [-0.39, 0.29) is 16.8 Å². The van der Waals surface area contributed by atoms with Crippen LogP contribution in [0.15, 0.2) is 18.7 Å². The quantitative estimate of drug-likeness (QED) is 0.453. The Morgan fingerprint density at radius 3 is 2.43 bits per heavy atom. The molecule has 7 heavy (non-hydrogen) atoms. The molecule has 4 heteroatoms. The van der Waals surface area contributed by atoms with E-state index in [1.54, 1.807) is 12.4 Å². The van der Waals surface area contributed by atoms with Crippen LogP contribution < -0.4 is 0 Å². The third-order valence-corrected chi connectivity index (χ3v) is 0.525. The van der Waals surface area contributed by atoms with Crippen molar-refractivity contribution in [1.29, 1.82) is 0 Å². The minimum Gasteiger partial charge on any atom is -0.394 e. The molecule has 0 amide bonds. The number of nitrogens with zero attached hydrogens (tertiary/aromatic N) is 2. The molecule has 1 aromatic heterocycles. The van der Waals surface area contributed by atoms with E-state index in [0.717, 1.165) is 0 Å². The molecule has 0 atom stereocenters. The van der Waals surface area contributed by atoms with E-state index in [4.69, 9.17) is 7.98 Å². The molecule has 0 unspecified atom stereocenters. The first-order chi connectivity index (χ1) is 2.89. The zero-order chi connectivity index (χ0) is 4.41. The fourth-order valence-electron chi connectivity index (χ4n) is 0.269. The number of aromatic nitrogens is 2. The van der Waals surface area contributed by atoms with Crippen molar-refractivity contribution in [2.24, 2.45) is 0 Å². The molecule has 0 aliphatic rings. The van der Waals surface area contributed by atoms with Crippen molar-refractivity contribution < 1.29 is 16.8 Å². The monoisotopic (exact) mass is 137 g/mol. The van der Waals surface area contributed by atoms with Gasteiger partial charge in [0.15, 0.2) is 0 Å². The zero-order valence-corrected chi connectivity index (χ0v) is 4.58. The summed E-state index contributed by atoms with van der Waals surface area (Å²) >= 11 is 0. The Labute approximate surface area is 53.6 Å². The molecule has 2 nitrogen and oxygen atoms in total. The maximum absolute atomic E-state index is 5.13. The van der Waals surface area contributed by atoms with Crippen LogP contribution in [0.2, 0.25) is 0 Å². The van der Waals surface area contributed by atoms with Crippen molar-refractivity contribution in [1.82, 2.24) is 9.46 Å². The van der Waals surface area contributed by atoms with Crippen LogP contribution in [-0.4, -0.2) is 17.4 Å². The zero-order valence-electron chi connectivity index (χ0n) is 3.54. The van der Waals surface area contributed by atoms with Crippen molar-refractivity contribution in [2.75, 3.05) is 0 Å². The number of hydrogen-bond donors (Lipinski definition) is 0. The Morgan fingerprint density at radius 2 is 2.29 bits per heavy atom. The van der Waals surface area contributed by atoms with Crippen LogP contribution in [0.3, 0.4) is 0 Å². The molecule has 0 N–H and O–H groups in total. The van der Waals surface area contributed by atoms with Gasteiger partial charge in [0.2, 0.25) is 7.98 Å². The van der Waals surface area contributed by atoms with E-state index in [1.807, 2.05) is 0 Å². The summed E-state index contributed by atoms with van der Waals surface area (Å²) in [5.41, 5.74) is 0. The normalized spacial score (nSPS) is 7.43. The molecule has 0 bridgehead atoms. The summed E-state index contributed by atoms with van der Waals surface area (Å²) in [4.78, 5) is 3.66. The summed E-state index contributed by atoms with van der Waals surface area (Å²) in [6.45, 7) is 0. The van der Waals surface area contributed by atoms with Gasteiger partial charge >= 0.3 is 0 Å². The van der Waals surface area contributed by atoms with Crippen LogP contribution in [0.1, 0.15) is 0 Å². The van der Waals surface area contributed by atoms with E-state index < -0.39 is 0 Å². The van der Waals surface area contributed by atoms with E-state index in [0.29, 0.717) is 0 Å². The van der Waals surface area contributed by atoms with Crippen molar-refractivity contribution in [2.45, 2.75) is 0 Å². The van der Waals surface area contributed by atoms with Crippen LogP contribution in [0.25, 0.3) is 0 Å². The van der Waals surface area contributed by atoms with Crippen LogP contribution in [0, 0.1) is 0 Å². The van der Waals surface area contributed by atoms with Gasteiger partial charge in [-0.2, -0.15) is 0 Å². The number of hydrogen-bond acceptors (Lipinski definition) is 1. The second-order valence-electron chi connectivity index (χ2n) is 1.01. The summed E-state index contributed by atoms with van der Waals surface area (Å²) in [7, 11) is 5.13. The largest absolute Gasteiger partial charge is 0.394 e. The van der Waals surface area contributed by atoms with Gasteiger partial charge in [0, 0.05) is 29.2 Å². The third kappa shape index (κ3) is 1.80. The summed E-state index contributed by atoms with van der Waals surface area (Å²) in [5.74, 6) is 0. The Bertz CT molecular complexity index is 116. The molecule has 0 saturated carbocycles. The summed E-state index contributed by atoms with van der Waals surface area (Å²) in [6, 6.07) is 0. The molecule has 0 fully saturated rings. The maximum atomic E-state index is 5.13. The number of imidazole rings is 1. The molecular formula is C3H3BCoN2. The van der Waals surface area contributed by atoms with Crippen molar-refractivity contribution in [3.8, 4) is 0 Å². The van der Waals surface area contributed by atoms with Crippen LogP contribution in [0.4, 0.5) is 0 Å². The fourth-order valence-corrected chi connectivity index (χ4v) is 0.269. The van der Waals surface area contributed by atoms with Gasteiger partial charge in [-0.15, -0.1) is 0 Å². The van der Waals surface area contributed by atoms with E-state index in [1.165, 1.54) is 10.8 Å². The van der Waals surface area contributed by atoms with Gasteiger partial charge in [-0.1, -0.05) is 0 Å². The molecule has 0 spiro atoms. The Morgan fingerprint density at radius 1 is 1.57 bits per heavy atom. The van der Waals surface area contributed by atoms with E-state index in [9.17, 15) is 0 Å². The Hall–Kier alpha value is -0.219. The van der Waals surface area contributed by atoms with Crippen molar-refractivity contribution >= 4 is 7.98 Å². The van der Waals surface area contributed by atoms with Gasteiger partial charge in [0.25, 0.3) is 0 Å². The first kappa shape index (κ1) is 6.78. The van der Waals surface area contributed by atoms with Crippen molar-refractivity contribution in [3.05, 3.63) is 18.7 Å². The first-order valence-electron chi connectivity index (χ1n) is 1.62. The molecule has 37 valence electrons. The second kappa shape index (κ2) is 2.87. The Balaban J connectivity index is 0.000000360. The van der Waals surface area contributed by atoms with Gasteiger partial charge in [-0.05, 0) is 0 Å². The topological polar surface area (TPSA) is 17.8 Å². The molecule has 0 aliphatic heterocycles. The molecular weight excluding hydrogens is 134 g/mol. The molecule has 0 aliphatic carbocycles. The smallest absolute Gasteiger partial charge is 0.235 e. The van der Waals surface area contributed by atoms with Crippen LogP contribution in [0.5, 0.6) is 0 Å². The van der Waals surface area contributed by atoms with E-state index >= 15 is 0 Å². The molecule has 0 aromatic carbocycles. The molecule has 0 saturated heterocycles. The van der Waals surface area contributed by atoms with Gasteiger partial charge in [-0.25, -0.2) is 4.98 Å². The summed E-state index contributed by atoms with van der Waals surface area (Å²) < 4.78 is 1.39. The first-order valence-corrected chi connectivity index (χ1v) is 1.62. The predicted molar refractivity (Wildman–Crippen MR) is 23.4 cm³/mol. The summed E-state index contributed by atoms with van der Waals surface area (Å²) in [5, 5.41) is 0. The van der Waals surface area contributed by atoms with Gasteiger partial charge in [-0.3, -0.25) is 0 Å². The summed E-state index contributed by atoms with van der Waals surface area (Å²) in [6.07, 6.45) is 4.82. The van der Waals surface area contributed by atoms with Gasteiger partial charge in [0.05, 0.1) is 6.33 Å². The Kier molecular flexibility index (Phi) is 2.78.